The Morgan fingerprint density at radius 1 is 1.31 bits per heavy atom. The van der Waals surface area contributed by atoms with Crippen molar-refractivity contribution in [2.75, 3.05) is 5.50 Å². The van der Waals surface area contributed by atoms with E-state index in [4.69, 9.17) is 11.6 Å². The summed E-state index contributed by atoms with van der Waals surface area (Å²) < 4.78 is 37.0. The standard InChI is InChI=1S/C11H12ClF3Si/c1-3-16(2,8-12)10-6-4-9(5-7-10)11(13,14)15/h3-7H,1,8H2,2H3. The second-order valence-corrected chi connectivity index (χ2v) is 8.72. The molecule has 1 aromatic carbocycles. The number of hydrogen-bond donors (Lipinski definition) is 0. The Hall–Kier alpha value is -0.743. The van der Waals surface area contributed by atoms with Gasteiger partial charge in [-0.1, -0.05) is 41.7 Å². The summed E-state index contributed by atoms with van der Waals surface area (Å²) in [6.45, 7) is 5.67. The van der Waals surface area contributed by atoms with Crippen molar-refractivity contribution in [2.45, 2.75) is 12.7 Å². The zero-order valence-corrected chi connectivity index (χ0v) is 10.6. The molecule has 1 atom stereocenters. The fraction of sp³-hybridized carbons (Fsp3) is 0.273. The largest absolute Gasteiger partial charge is 0.416 e. The first-order valence-corrected chi connectivity index (χ1v) is 8.03. The summed E-state index contributed by atoms with van der Waals surface area (Å²) in [5.74, 6) is 0. The molecule has 1 unspecified atom stereocenters. The summed E-state index contributed by atoms with van der Waals surface area (Å²) in [5, 5.41) is 0.866. The molecule has 0 aliphatic heterocycles. The maximum absolute atomic E-state index is 12.3. The third kappa shape index (κ3) is 2.68. The van der Waals surface area contributed by atoms with E-state index in [0.29, 0.717) is 5.50 Å². The Bertz CT molecular complexity index is 372. The molecule has 0 N–H and O–H groups in total. The first-order chi connectivity index (χ1) is 7.33. The van der Waals surface area contributed by atoms with Gasteiger partial charge in [0.15, 0.2) is 0 Å². The van der Waals surface area contributed by atoms with Crippen LogP contribution in [0.4, 0.5) is 13.2 Å². The quantitative estimate of drug-likeness (QED) is 0.579. The molecule has 0 nitrogen and oxygen atoms in total. The zero-order valence-electron chi connectivity index (χ0n) is 8.81. The second-order valence-electron chi connectivity index (χ2n) is 3.83. The summed E-state index contributed by atoms with van der Waals surface area (Å²) in [7, 11) is -1.99. The first kappa shape index (κ1) is 13.3. The Morgan fingerprint density at radius 3 is 2.12 bits per heavy atom. The molecule has 0 bridgehead atoms. The first-order valence-electron chi connectivity index (χ1n) is 4.71. The molecule has 0 saturated carbocycles. The molecular weight excluding hydrogens is 253 g/mol. The summed E-state index contributed by atoms with van der Waals surface area (Å²) >= 11 is 5.84. The third-order valence-corrected chi connectivity index (χ3v) is 7.37. The van der Waals surface area contributed by atoms with Crippen LogP contribution < -0.4 is 5.19 Å². The van der Waals surface area contributed by atoms with Crippen LogP contribution >= 0.6 is 11.6 Å². The van der Waals surface area contributed by atoms with Crippen LogP contribution in [-0.2, 0) is 6.18 Å². The number of hydrogen-bond acceptors (Lipinski definition) is 0. The van der Waals surface area contributed by atoms with E-state index in [1.54, 1.807) is 5.70 Å². The predicted octanol–water partition coefficient (Wildman–Crippen LogP) is 3.49. The van der Waals surface area contributed by atoms with E-state index in [1.165, 1.54) is 12.1 Å². The molecule has 0 aliphatic rings. The van der Waals surface area contributed by atoms with Crippen LogP contribution in [0.25, 0.3) is 0 Å². The molecule has 16 heavy (non-hydrogen) atoms. The number of benzene rings is 1. The molecule has 0 aliphatic carbocycles. The lowest BCUT2D eigenvalue weighted by atomic mass is 10.2. The van der Waals surface area contributed by atoms with Gasteiger partial charge in [0.2, 0.25) is 0 Å². The van der Waals surface area contributed by atoms with Crippen molar-refractivity contribution in [1.82, 2.24) is 0 Å². The van der Waals surface area contributed by atoms with Gasteiger partial charge < -0.3 is 0 Å². The Balaban J connectivity index is 3.08. The Labute approximate surface area is 98.7 Å². The molecule has 88 valence electrons. The van der Waals surface area contributed by atoms with E-state index in [-0.39, 0.29) is 0 Å². The lowest BCUT2D eigenvalue weighted by Crippen LogP contribution is -2.45. The molecule has 0 fully saturated rings. The van der Waals surface area contributed by atoms with Gasteiger partial charge in [0.05, 0.1) is 5.56 Å². The average Bonchev–Trinajstić information content (AvgIpc) is 2.27. The fourth-order valence-corrected chi connectivity index (χ4v) is 3.51. The zero-order chi connectivity index (χ0) is 12.4. The predicted molar refractivity (Wildman–Crippen MR) is 63.6 cm³/mol. The van der Waals surface area contributed by atoms with Crippen molar-refractivity contribution in [1.29, 1.82) is 0 Å². The molecule has 0 spiro atoms. The van der Waals surface area contributed by atoms with Crippen LogP contribution in [0.2, 0.25) is 6.55 Å². The topological polar surface area (TPSA) is 0 Å². The maximum atomic E-state index is 12.3. The maximum Gasteiger partial charge on any atom is 0.416 e. The molecule has 0 saturated heterocycles. The smallest absolute Gasteiger partial charge is 0.166 e. The highest BCUT2D eigenvalue weighted by atomic mass is 35.5. The normalized spacial score (nSPS) is 15.6. The van der Waals surface area contributed by atoms with E-state index in [2.05, 4.69) is 6.58 Å². The van der Waals surface area contributed by atoms with Gasteiger partial charge in [0.25, 0.3) is 0 Å². The van der Waals surface area contributed by atoms with Crippen molar-refractivity contribution in [3.05, 3.63) is 42.1 Å². The van der Waals surface area contributed by atoms with Crippen LogP contribution in [0.5, 0.6) is 0 Å². The van der Waals surface area contributed by atoms with Gasteiger partial charge in [-0.2, -0.15) is 13.2 Å². The summed E-state index contributed by atoms with van der Waals surface area (Å²) in [6.07, 6.45) is -4.29. The summed E-state index contributed by atoms with van der Waals surface area (Å²) in [6, 6.07) is 5.19. The lowest BCUT2D eigenvalue weighted by molar-refractivity contribution is -0.137. The molecule has 1 aromatic rings. The van der Waals surface area contributed by atoms with Gasteiger partial charge in [-0.3, -0.25) is 0 Å². The summed E-state index contributed by atoms with van der Waals surface area (Å²) in [5.41, 5.74) is 1.57. The molecule has 0 heterocycles. The Morgan fingerprint density at radius 2 is 1.81 bits per heavy atom. The molecular formula is C11H12ClF3Si. The second kappa shape index (κ2) is 4.63. The van der Waals surface area contributed by atoms with E-state index < -0.39 is 19.8 Å². The number of alkyl halides is 4. The van der Waals surface area contributed by atoms with Gasteiger partial charge in [-0.15, -0.1) is 18.2 Å². The minimum absolute atomic E-state index is 0.419. The van der Waals surface area contributed by atoms with Crippen LogP contribution in [0.1, 0.15) is 5.56 Å². The Kier molecular flexibility index (Phi) is 3.86. The molecule has 0 amide bonds. The molecule has 5 heteroatoms. The lowest BCUT2D eigenvalue weighted by Gasteiger charge is -2.21. The molecule has 0 aromatic heterocycles. The molecule has 1 rings (SSSR count). The minimum Gasteiger partial charge on any atom is -0.166 e. The van der Waals surface area contributed by atoms with Crippen molar-refractivity contribution >= 4 is 24.9 Å². The SMILES string of the molecule is C=C[Si](C)(CCl)c1ccc(C(F)(F)F)cc1. The van der Waals surface area contributed by atoms with Gasteiger partial charge in [0, 0.05) is 5.50 Å². The summed E-state index contributed by atoms with van der Waals surface area (Å²) in [4.78, 5) is 0. The van der Waals surface area contributed by atoms with Crippen molar-refractivity contribution in [3.8, 4) is 0 Å². The fourth-order valence-electron chi connectivity index (χ4n) is 1.29. The van der Waals surface area contributed by atoms with Crippen LogP contribution in [-0.4, -0.2) is 13.6 Å². The average molecular weight is 265 g/mol. The van der Waals surface area contributed by atoms with Gasteiger partial charge in [-0.25, -0.2) is 0 Å². The third-order valence-electron chi connectivity index (χ3n) is 2.60. The number of halogens is 4. The van der Waals surface area contributed by atoms with Gasteiger partial charge >= 0.3 is 6.18 Å². The van der Waals surface area contributed by atoms with Gasteiger partial charge in [-0.05, 0) is 0 Å². The highest BCUT2D eigenvalue weighted by Crippen LogP contribution is 2.28. The van der Waals surface area contributed by atoms with Crippen LogP contribution in [0, 0.1) is 0 Å². The van der Waals surface area contributed by atoms with Crippen LogP contribution in [0.15, 0.2) is 36.5 Å². The highest BCUT2D eigenvalue weighted by Gasteiger charge is 2.31. The minimum atomic E-state index is -4.29. The van der Waals surface area contributed by atoms with Crippen LogP contribution in [0.3, 0.4) is 0 Å². The van der Waals surface area contributed by atoms with Gasteiger partial charge in [0.1, 0.15) is 8.07 Å². The number of rotatable bonds is 3. The molecule has 0 radical (unpaired) electrons. The van der Waals surface area contributed by atoms with Crippen molar-refractivity contribution in [3.63, 3.8) is 0 Å². The monoisotopic (exact) mass is 264 g/mol. The van der Waals surface area contributed by atoms with Crippen molar-refractivity contribution in [2.24, 2.45) is 0 Å². The van der Waals surface area contributed by atoms with E-state index in [9.17, 15) is 13.2 Å². The van der Waals surface area contributed by atoms with E-state index in [0.717, 1.165) is 17.3 Å². The van der Waals surface area contributed by atoms with Crippen molar-refractivity contribution < 1.29 is 13.2 Å². The highest BCUT2D eigenvalue weighted by molar-refractivity contribution is 6.98. The van der Waals surface area contributed by atoms with E-state index >= 15 is 0 Å². The van der Waals surface area contributed by atoms with E-state index in [1.807, 2.05) is 6.55 Å².